The molecule has 0 heterocycles. The lowest BCUT2D eigenvalue weighted by atomic mass is 9.94. The SMILES string of the molecule is CSCCCC(CNC(C)C)Cc1cccc(F)c1. The third kappa shape index (κ3) is 7.58. The van der Waals surface area contributed by atoms with Gasteiger partial charge in [-0.2, -0.15) is 11.8 Å². The highest BCUT2D eigenvalue weighted by molar-refractivity contribution is 7.98. The van der Waals surface area contributed by atoms with Gasteiger partial charge in [-0.1, -0.05) is 26.0 Å². The molecule has 1 unspecified atom stereocenters. The fourth-order valence-corrected chi connectivity index (χ4v) is 2.65. The Morgan fingerprint density at radius 1 is 1.32 bits per heavy atom. The topological polar surface area (TPSA) is 12.0 Å². The number of hydrogen-bond acceptors (Lipinski definition) is 2. The van der Waals surface area contributed by atoms with Gasteiger partial charge in [-0.05, 0) is 61.4 Å². The molecule has 0 fully saturated rings. The van der Waals surface area contributed by atoms with E-state index in [0.29, 0.717) is 12.0 Å². The Bertz CT molecular complexity index is 354. The molecular weight excluding hydrogens is 257 g/mol. The molecule has 0 bridgehead atoms. The maximum atomic E-state index is 13.2. The summed E-state index contributed by atoms with van der Waals surface area (Å²) in [4.78, 5) is 0. The van der Waals surface area contributed by atoms with E-state index in [1.165, 1.54) is 24.7 Å². The van der Waals surface area contributed by atoms with Crippen LogP contribution in [0.3, 0.4) is 0 Å². The van der Waals surface area contributed by atoms with Gasteiger partial charge in [-0.3, -0.25) is 0 Å². The molecule has 1 atom stereocenters. The Kier molecular flexibility index (Phi) is 8.15. The average Bonchev–Trinajstić information content (AvgIpc) is 2.36. The van der Waals surface area contributed by atoms with Crippen LogP contribution in [-0.4, -0.2) is 24.6 Å². The second-order valence-electron chi connectivity index (χ2n) is 5.40. The summed E-state index contributed by atoms with van der Waals surface area (Å²) in [5.41, 5.74) is 1.11. The van der Waals surface area contributed by atoms with Crippen molar-refractivity contribution in [2.75, 3.05) is 18.6 Å². The van der Waals surface area contributed by atoms with Crippen LogP contribution < -0.4 is 5.32 Å². The average molecular weight is 283 g/mol. The number of nitrogens with one attached hydrogen (secondary N) is 1. The molecule has 0 radical (unpaired) electrons. The highest BCUT2D eigenvalue weighted by Crippen LogP contribution is 2.16. The summed E-state index contributed by atoms with van der Waals surface area (Å²) in [6.07, 6.45) is 5.55. The van der Waals surface area contributed by atoms with Gasteiger partial charge >= 0.3 is 0 Å². The molecule has 0 spiro atoms. The molecule has 3 heteroatoms. The third-order valence-corrected chi connectivity index (χ3v) is 3.89. The van der Waals surface area contributed by atoms with E-state index in [0.717, 1.165) is 18.5 Å². The Labute approximate surface area is 121 Å². The van der Waals surface area contributed by atoms with E-state index in [9.17, 15) is 4.39 Å². The van der Waals surface area contributed by atoms with Gasteiger partial charge in [0.1, 0.15) is 5.82 Å². The van der Waals surface area contributed by atoms with Crippen molar-refractivity contribution in [1.82, 2.24) is 5.32 Å². The maximum absolute atomic E-state index is 13.2. The number of thioether (sulfide) groups is 1. The zero-order valence-corrected chi connectivity index (χ0v) is 13.1. The van der Waals surface area contributed by atoms with Gasteiger partial charge in [0.2, 0.25) is 0 Å². The fourth-order valence-electron chi connectivity index (χ4n) is 2.19. The highest BCUT2D eigenvalue weighted by Gasteiger charge is 2.10. The lowest BCUT2D eigenvalue weighted by Gasteiger charge is -2.19. The van der Waals surface area contributed by atoms with Crippen LogP contribution in [0.2, 0.25) is 0 Å². The van der Waals surface area contributed by atoms with Gasteiger partial charge in [0.15, 0.2) is 0 Å². The van der Waals surface area contributed by atoms with Crippen LogP contribution in [0.5, 0.6) is 0 Å². The van der Waals surface area contributed by atoms with Crippen LogP contribution in [0.25, 0.3) is 0 Å². The molecule has 0 aromatic heterocycles. The predicted octanol–water partition coefficient (Wildman–Crippen LogP) is 4.13. The number of rotatable bonds is 9. The Morgan fingerprint density at radius 2 is 2.11 bits per heavy atom. The molecule has 19 heavy (non-hydrogen) atoms. The molecule has 0 saturated carbocycles. The first-order chi connectivity index (χ1) is 9.11. The first kappa shape index (κ1) is 16.5. The zero-order valence-electron chi connectivity index (χ0n) is 12.3. The van der Waals surface area contributed by atoms with Crippen molar-refractivity contribution in [2.45, 2.75) is 39.2 Å². The van der Waals surface area contributed by atoms with Crippen molar-refractivity contribution >= 4 is 11.8 Å². The van der Waals surface area contributed by atoms with Crippen molar-refractivity contribution in [3.8, 4) is 0 Å². The maximum Gasteiger partial charge on any atom is 0.123 e. The van der Waals surface area contributed by atoms with Crippen LogP contribution in [0.4, 0.5) is 4.39 Å². The molecule has 108 valence electrons. The lowest BCUT2D eigenvalue weighted by molar-refractivity contribution is 0.419. The largest absolute Gasteiger partial charge is 0.314 e. The quantitative estimate of drug-likeness (QED) is 0.684. The van der Waals surface area contributed by atoms with Gasteiger partial charge < -0.3 is 5.32 Å². The van der Waals surface area contributed by atoms with Crippen molar-refractivity contribution in [2.24, 2.45) is 5.92 Å². The smallest absolute Gasteiger partial charge is 0.123 e. The molecule has 0 aliphatic rings. The van der Waals surface area contributed by atoms with E-state index >= 15 is 0 Å². The molecule has 0 aliphatic carbocycles. The summed E-state index contributed by atoms with van der Waals surface area (Å²) < 4.78 is 13.2. The van der Waals surface area contributed by atoms with Crippen molar-refractivity contribution < 1.29 is 4.39 Å². The van der Waals surface area contributed by atoms with E-state index in [1.807, 2.05) is 17.8 Å². The van der Waals surface area contributed by atoms with Crippen LogP contribution in [-0.2, 0) is 6.42 Å². The standard InChI is InChI=1S/C16H26FNS/c1-13(2)18-12-15(7-5-9-19-3)10-14-6-4-8-16(17)11-14/h4,6,8,11,13,15,18H,5,7,9-10,12H2,1-3H3. The van der Waals surface area contributed by atoms with Gasteiger partial charge in [0, 0.05) is 6.04 Å². The van der Waals surface area contributed by atoms with Crippen LogP contribution in [0.1, 0.15) is 32.3 Å². The van der Waals surface area contributed by atoms with Gasteiger partial charge in [-0.15, -0.1) is 0 Å². The van der Waals surface area contributed by atoms with Crippen molar-refractivity contribution in [1.29, 1.82) is 0 Å². The molecule has 0 amide bonds. The molecule has 1 nitrogen and oxygen atoms in total. The monoisotopic (exact) mass is 283 g/mol. The van der Waals surface area contributed by atoms with Gasteiger partial charge in [-0.25, -0.2) is 4.39 Å². The summed E-state index contributed by atoms with van der Waals surface area (Å²) in [6.45, 7) is 5.35. The van der Waals surface area contributed by atoms with Crippen LogP contribution >= 0.6 is 11.8 Å². The van der Waals surface area contributed by atoms with E-state index in [2.05, 4.69) is 25.4 Å². The van der Waals surface area contributed by atoms with E-state index in [4.69, 9.17) is 0 Å². The molecule has 1 aromatic rings. The first-order valence-electron chi connectivity index (χ1n) is 7.08. The fraction of sp³-hybridized carbons (Fsp3) is 0.625. The minimum Gasteiger partial charge on any atom is -0.314 e. The van der Waals surface area contributed by atoms with Crippen LogP contribution in [0, 0.1) is 11.7 Å². The second kappa shape index (κ2) is 9.38. The third-order valence-electron chi connectivity index (χ3n) is 3.19. The summed E-state index contributed by atoms with van der Waals surface area (Å²) in [5.74, 6) is 1.68. The Morgan fingerprint density at radius 3 is 2.74 bits per heavy atom. The summed E-state index contributed by atoms with van der Waals surface area (Å²) in [7, 11) is 0. The predicted molar refractivity (Wildman–Crippen MR) is 84.3 cm³/mol. The molecule has 1 rings (SSSR count). The van der Waals surface area contributed by atoms with E-state index < -0.39 is 0 Å². The van der Waals surface area contributed by atoms with Crippen molar-refractivity contribution in [3.05, 3.63) is 35.6 Å². The van der Waals surface area contributed by atoms with Gasteiger partial charge in [0.25, 0.3) is 0 Å². The van der Waals surface area contributed by atoms with E-state index in [-0.39, 0.29) is 5.82 Å². The normalized spacial score (nSPS) is 12.9. The Balaban J connectivity index is 2.51. The molecule has 0 saturated heterocycles. The molecule has 1 aromatic carbocycles. The molecule has 0 aliphatic heterocycles. The second-order valence-corrected chi connectivity index (χ2v) is 6.38. The molecular formula is C16H26FNS. The summed E-state index contributed by atoms with van der Waals surface area (Å²) in [6, 6.07) is 7.52. The first-order valence-corrected chi connectivity index (χ1v) is 8.48. The lowest BCUT2D eigenvalue weighted by Crippen LogP contribution is -2.30. The Hall–Kier alpha value is -0.540. The zero-order chi connectivity index (χ0) is 14.1. The number of halogens is 1. The van der Waals surface area contributed by atoms with Crippen LogP contribution in [0.15, 0.2) is 24.3 Å². The summed E-state index contributed by atoms with van der Waals surface area (Å²) >= 11 is 1.90. The highest BCUT2D eigenvalue weighted by atomic mass is 32.2. The van der Waals surface area contributed by atoms with Gasteiger partial charge in [0.05, 0.1) is 0 Å². The minimum absolute atomic E-state index is 0.128. The molecule has 1 N–H and O–H groups in total. The number of hydrogen-bond donors (Lipinski definition) is 1. The summed E-state index contributed by atoms with van der Waals surface area (Å²) in [5, 5.41) is 3.51. The minimum atomic E-state index is -0.128. The van der Waals surface area contributed by atoms with E-state index in [1.54, 1.807) is 12.1 Å². The van der Waals surface area contributed by atoms with Crippen molar-refractivity contribution in [3.63, 3.8) is 0 Å². The number of benzene rings is 1.